The number of quaternary nitrogens is 1. The maximum Gasteiger partial charge on any atom is 0.315 e. The SMILES string of the molecule is C[C@H](C1(NC(=O)N[C@H](C(=O)N2CCC[C@H]2C(=O)N[C@@H](CC2CC2)C(=O)C(=O)NC2CC2)C(C)(C)C)CCCCC1)S(=O)(=O)[NH+](C)C1CC1. The van der Waals surface area contributed by atoms with E-state index in [4.69, 9.17) is 0 Å². The number of ketones is 1. The largest absolute Gasteiger partial charge is 0.347 e. The highest BCUT2D eigenvalue weighted by Gasteiger charge is 2.52. The molecule has 0 bridgehead atoms. The van der Waals surface area contributed by atoms with Crippen LogP contribution < -0.4 is 25.6 Å². The fourth-order valence-corrected chi connectivity index (χ4v) is 9.60. The van der Waals surface area contributed by atoms with E-state index in [1.807, 2.05) is 20.8 Å². The molecule has 0 aromatic heterocycles. The van der Waals surface area contributed by atoms with Gasteiger partial charge in [0.15, 0.2) is 0 Å². The third-order valence-corrected chi connectivity index (χ3v) is 13.8. The van der Waals surface area contributed by atoms with Crippen LogP contribution >= 0.6 is 0 Å². The van der Waals surface area contributed by atoms with Gasteiger partial charge in [-0.05, 0) is 63.2 Å². The molecule has 5 atom stereocenters. The smallest absolute Gasteiger partial charge is 0.315 e. The minimum atomic E-state index is -3.61. The molecule has 1 saturated heterocycles. The summed E-state index contributed by atoms with van der Waals surface area (Å²) in [6, 6.07) is -3.30. The predicted octanol–water partition coefficient (Wildman–Crippen LogP) is 0.922. The lowest BCUT2D eigenvalue weighted by Gasteiger charge is -2.43. The van der Waals surface area contributed by atoms with Crippen molar-refractivity contribution < 1.29 is 36.7 Å². The number of nitrogens with one attached hydrogen (secondary N) is 5. The standard InChI is InChI=1S/C34H56N6O7S/c1-21(48(46,47)39(5)24-15-16-24)34(17-7-6-8-18-34)38-32(45)37-28(33(2,3)4)31(44)40-19-9-10-26(40)29(42)36-25(20-22-11-12-22)27(41)30(43)35-23-13-14-23/h21-26,28H,6-20H2,1-5H3,(H,35,43)(H,36,42)(H2,37,38,45)/p+1/t21-,25+,26+,28-/m1/s1. The zero-order valence-corrected chi connectivity index (χ0v) is 30.2. The Morgan fingerprint density at radius 1 is 0.896 bits per heavy atom. The maximum absolute atomic E-state index is 14.2. The average molecular weight is 694 g/mol. The van der Waals surface area contributed by atoms with Crippen LogP contribution in [0.3, 0.4) is 0 Å². The summed E-state index contributed by atoms with van der Waals surface area (Å²) in [7, 11) is -1.91. The van der Waals surface area contributed by atoms with Crippen LogP contribution in [0.1, 0.15) is 118 Å². The summed E-state index contributed by atoms with van der Waals surface area (Å²) >= 11 is 0. The number of hydrogen-bond donors (Lipinski definition) is 5. The summed E-state index contributed by atoms with van der Waals surface area (Å²) in [4.78, 5) is 68.8. The van der Waals surface area contributed by atoms with E-state index < -0.39 is 73.9 Å². The van der Waals surface area contributed by atoms with Crippen LogP contribution in [0.5, 0.6) is 0 Å². The second-order valence-corrected chi connectivity index (χ2v) is 18.7. The highest BCUT2D eigenvalue weighted by Crippen LogP contribution is 2.35. The molecule has 4 saturated carbocycles. The number of hydrogen-bond acceptors (Lipinski definition) is 7. The van der Waals surface area contributed by atoms with Gasteiger partial charge in [0, 0.05) is 25.4 Å². The molecule has 0 aromatic carbocycles. The maximum atomic E-state index is 14.2. The van der Waals surface area contributed by atoms with Gasteiger partial charge in [0.1, 0.15) is 23.4 Å². The molecule has 5 amide bonds. The van der Waals surface area contributed by atoms with Crippen molar-refractivity contribution in [1.29, 1.82) is 0 Å². The normalized spacial score (nSPS) is 25.3. The predicted molar refractivity (Wildman–Crippen MR) is 179 cm³/mol. The van der Waals surface area contributed by atoms with Crippen molar-refractivity contribution in [2.45, 2.75) is 159 Å². The van der Waals surface area contributed by atoms with Gasteiger partial charge in [-0.2, -0.15) is 8.42 Å². The first kappa shape index (κ1) is 36.5. The molecular formula is C34H57N6O7S+. The van der Waals surface area contributed by atoms with E-state index in [0.29, 0.717) is 43.0 Å². The van der Waals surface area contributed by atoms with Crippen LogP contribution in [-0.2, 0) is 29.2 Å². The van der Waals surface area contributed by atoms with Gasteiger partial charge in [0.2, 0.25) is 17.6 Å². The van der Waals surface area contributed by atoms with Gasteiger partial charge < -0.3 is 26.2 Å². The Morgan fingerprint density at radius 2 is 1.54 bits per heavy atom. The lowest BCUT2D eigenvalue weighted by molar-refractivity contribution is -0.756. The van der Waals surface area contributed by atoms with E-state index in [-0.39, 0.29) is 18.0 Å². The van der Waals surface area contributed by atoms with Crippen LogP contribution in [-0.4, -0.2) is 97.4 Å². The fraction of sp³-hybridized carbons (Fsp3) is 0.853. The fourth-order valence-electron chi connectivity index (χ4n) is 7.45. The molecule has 5 rings (SSSR count). The molecule has 1 aliphatic heterocycles. The number of carbonyl (C=O) groups excluding carboxylic acids is 5. The first-order valence-electron chi connectivity index (χ1n) is 18.1. The molecule has 5 fully saturated rings. The van der Waals surface area contributed by atoms with Crippen molar-refractivity contribution in [1.82, 2.24) is 26.2 Å². The molecule has 4 aliphatic carbocycles. The Bertz CT molecular complexity index is 1360. The van der Waals surface area contributed by atoms with Crippen LogP contribution in [0.2, 0.25) is 0 Å². The van der Waals surface area contributed by atoms with Gasteiger partial charge in [0.05, 0.1) is 18.6 Å². The van der Waals surface area contributed by atoms with Crippen LogP contribution in [0.4, 0.5) is 4.79 Å². The number of urea groups is 1. The third kappa shape index (κ3) is 8.51. The van der Waals surface area contributed by atoms with Crippen molar-refractivity contribution in [3.05, 3.63) is 0 Å². The molecule has 0 aromatic rings. The second-order valence-electron chi connectivity index (χ2n) is 16.2. The molecule has 0 spiro atoms. The van der Waals surface area contributed by atoms with Crippen molar-refractivity contribution in [2.24, 2.45) is 11.3 Å². The van der Waals surface area contributed by atoms with E-state index in [1.165, 1.54) is 4.90 Å². The third-order valence-electron chi connectivity index (χ3n) is 11.2. The summed E-state index contributed by atoms with van der Waals surface area (Å²) in [6.45, 7) is 7.51. The number of carbonyl (C=O) groups is 5. The molecule has 5 N–H and O–H groups in total. The molecule has 14 heteroatoms. The number of amides is 5. The Labute approximate surface area is 285 Å². The Morgan fingerprint density at radius 3 is 2.10 bits per heavy atom. The number of rotatable bonds is 14. The van der Waals surface area contributed by atoms with Gasteiger partial charge in [-0.1, -0.05) is 52.9 Å². The first-order chi connectivity index (χ1) is 22.5. The van der Waals surface area contributed by atoms with E-state index >= 15 is 0 Å². The number of Topliss-reactive ketones (excluding diaryl/α,β-unsaturated/α-hetero) is 1. The summed E-state index contributed by atoms with van der Waals surface area (Å²) < 4.78 is 27.9. The summed E-state index contributed by atoms with van der Waals surface area (Å²) in [5, 5.41) is 10.7. The lowest BCUT2D eigenvalue weighted by Crippen LogP contribution is -3.13. The summed E-state index contributed by atoms with van der Waals surface area (Å²) in [5.74, 6) is -1.93. The lowest BCUT2D eigenvalue weighted by atomic mass is 9.79. The first-order valence-corrected chi connectivity index (χ1v) is 19.7. The van der Waals surface area contributed by atoms with Gasteiger partial charge in [-0.15, -0.1) is 0 Å². The summed E-state index contributed by atoms with van der Waals surface area (Å²) in [5.41, 5.74) is -1.70. The van der Waals surface area contributed by atoms with Crippen LogP contribution in [0.15, 0.2) is 0 Å². The molecule has 1 unspecified atom stereocenters. The van der Waals surface area contributed by atoms with E-state index in [2.05, 4.69) is 21.3 Å². The monoisotopic (exact) mass is 693 g/mol. The Kier molecular flexibility index (Phi) is 10.8. The zero-order chi connectivity index (χ0) is 35.0. The van der Waals surface area contributed by atoms with Crippen molar-refractivity contribution in [3.8, 4) is 0 Å². The number of nitrogens with zero attached hydrogens (tertiary/aromatic N) is 1. The Balaban J connectivity index is 1.28. The minimum Gasteiger partial charge on any atom is -0.347 e. The van der Waals surface area contributed by atoms with Gasteiger partial charge in [0.25, 0.3) is 15.9 Å². The topological polar surface area (TPSA) is 175 Å². The van der Waals surface area contributed by atoms with Gasteiger partial charge in [-0.3, -0.25) is 19.2 Å². The second kappa shape index (κ2) is 14.2. The molecule has 1 heterocycles. The van der Waals surface area contributed by atoms with Crippen LogP contribution in [0.25, 0.3) is 0 Å². The van der Waals surface area contributed by atoms with Crippen molar-refractivity contribution in [2.75, 3.05) is 13.6 Å². The van der Waals surface area contributed by atoms with E-state index in [0.717, 1.165) is 57.8 Å². The van der Waals surface area contributed by atoms with Crippen molar-refractivity contribution in [3.63, 3.8) is 0 Å². The molecule has 48 heavy (non-hydrogen) atoms. The highest BCUT2D eigenvalue weighted by atomic mass is 32.2. The molecular weight excluding hydrogens is 636 g/mol. The zero-order valence-electron chi connectivity index (χ0n) is 29.4. The number of likely N-dealkylation sites (tertiary alicyclic amines) is 1. The minimum absolute atomic E-state index is 0.0199. The molecule has 0 radical (unpaired) electrons. The molecule has 13 nitrogen and oxygen atoms in total. The van der Waals surface area contributed by atoms with E-state index in [9.17, 15) is 32.4 Å². The van der Waals surface area contributed by atoms with Gasteiger partial charge in [-0.25, -0.2) is 9.10 Å². The highest BCUT2D eigenvalue weighted by molar-refractivity contribution is 7.85. The molecule has 5 aliphatic rings. The quantitative estimate of drug-likeness (QED) is 0.168. The summed E-state index contributed by atoms with van der Waals surface area (Å²) in [6.07, 6.45) is 10.3. The average Bonchev–Trinajstić information content (AvgIpc) is 3.91. The van der Waals surface area contributed by atoms with E-state index in [1.54, 1.807) is 14.0 Å². The molecule has 270 valence electrons. The van der Waals surface area contributed by atoms with Crippen molar-refractivity contribution >= 4 is 39.6 Å². The number of sulfonamides is 1. The Hall–Kier alpha value is -2.74. The van der Waals surface area contributed by atoms with Crippen LogP contribution in [0, 0.1) is 11.3 Å². The van der Waals surface area contributed by atoms with Gasteiger partial charge >= 0.3 is 6.03 Å².